The van der Waals surface area contributed by atoms with E-state index in [1.807, 2.05) is 25.2 Å². The second-order valence-corrected chi connectivity index (χ2v) is 3.93. The van der Waals surface area contributed by atoms with Gasteiger partial charge in [0.05, 0.1) is 11.7 Å². The summed E-state index contributed by atoms with van der Waals surface area (Å²) in [5.74, 6) is 0.0293. The molecule has 2 heterocycles. The Balaban J connectivity index is 1.91. The molecule has 0 bridgehead atoms. The lowest BCUT2D eigenvalue weighted by Crippen LogP contribution is -2.13. The van der Waals surface area contributed by atoms with E-state index in [2.05, 4.69) is 20.4 Å². The molecule has 0 aliphatic rings. The van der Waals surface area contributed by atoms with E-state index in [4.69, 9.17) is 0 Å². The standard InChI is InChI=1S/C12H11N5O/c1-17-10-6-9(3-2-8(10)7-15-17)16-12(18)11-13-4-5-14-11/h2-7H,1H3,(H,13,14)(H,16,18). The van der Waals surface area contributed by atoms with E-state index in [0.717, 1.165) is 10.9 Å². The van der Waals surface area contributed by atoms with Crippen molar-refractivity contribution in [3.63, 3.8) is 0 Å². The Labute approximate surface area is 103 Å². The molecule has 90 valence electrons. The Morgan fingerprint density at radius 1 is 1.44 bits per heavy atom. The first kappa shape index (κ1) is 10.5. The van der Waals surface area contributed by atoms with Crippen LogP contribution in [-0.4, -0.2) is 25.7 Å². The van der Waals surface area contributed by atoms with Gasteiger partial charge in [0.1, 0.15) is 0 Å². The highest BCUT2D eigenvalue weighted by Gasteiger charge is 2.09. The Bertz CT molecular complexity index is 698. The third-order valence-corrected chi connectivity index (χ3v) is 2.72. The van der Waals surface area contributed by atoms with Crippen LogP contribution in [-0.2, 0) is 7.05 Å². The molecule has 2 N–H and O–H groups in total. The summed E-state index contributed by atoms with van der Waals surface area (Å²) in [6, 6.07) is 5.63. The molecule has 6 nitrogen and oxygen atoms in total. The SMILES string of the molecule is Cn1ncc2ccc(NC(=O)c3ncc[nH]3)cc21. The lowest BCUT2D eigenvalue weighted by Gasteiger charge is -2.03. The number of rotatable bonds is 2. The Morgan fingerprint density at radius 3 is 3.11 bits per heavy atom. The van der Waals surface area contributed by atoms with Crippen LogP contribution >= 0.6 is 0 Å². The van der Waals surface area contributed by atoms with Crippen molar-refractivity contribution in [2.75, 3.05) is 5.32 Å². The minimum absolute atomic E-state index is 0.262. The molecule has 0 unspecified atom stereocenters. The molecule has 0 atom stereocenters. The van der Waals surface area contributed by atoms with Gasteiger partial charge < -0.3 is 10.3 Å². The normalized spacial score (nSPS) is 10.7. The monoisotopic (exact) mass is 241 g/mol. The summed E-state index contributed by atoms with van der Waals surface area (Å²) in [4.78, 5) is 18.5. The summed E-state index contributed by atoms with van der Waals surface area (Å²) in [5.41, 5.74) is 1.68. The van der Waals surface area contributed by atoms with Crippen LogP contribution in [0.1, 0.15) is 10.6 Å². The number of aromatic nitrogens is 4. The lowest BCUT2D eigenvalue weighted by atomic mass is 10.2. The topological polar surface area (TPSA) is 75.6 Å². The van der Waals surface area contributed by atoms with E-state index in [9.17, 15) is 4.79 Å². The molecule has 1 aromatic carbocycles. The first-order chi connectivity index (χ1) is 8.74. The molecule has 0 saturated carbocycles. The number of hydrogen-bond acceptors (Lipinski definition) is 3. The van der Waals surface area contributed by atoms with Crippen molar-refractivity contribution in [2.24, 2.45) is 7.05 Å². The minimum atomic E-state index is -0.262. The molecular weight excluding hydrogens is 230 g/mol. The van der Waals surface area contributed by atoms with Crippen LogP contribution < -0.4 is 5.32 Å². The van der Waals surface area contributed by atoms with Gasteiger partial charge >= 0.3 is 0 Å². The highest BCUT2D eigenvalue weighted by Crippen LogP contribution is 2.18. The van der Waals surface area contributed by atoms with Crippen molar-refractivity contribution < 1.29 is 4.79 Å². The van der Waals surface area contributed by atoms with Crippen LogP contribution in [0.4, 0.5) is 5.69 Å². The first-order valence-electron chi connectivity index (χ1n) is 5.46. The van der Waals surface area contributed by atoms with Gasteiger partial charge in [0.15, 0.2) is 5.82 Å². The number of hydrogen-bond donors (Lipinski definition) is 2. The van der Waals surface area contributed by atoms with Gasteiger partial charge in [0.25, 0.3) is 5.91 Å². The second-order valence-electron chi connectivity index (χ2n) is 3.93. The fourth-order valence-corrected chi connectivity index (χ4v) is 1.80. The number of amides is 1. The summed E-state index contributed by atoms with van der Waals surface area (Å²) in [5, 5.41) is 7.97. The summed E-state index contributed by atoms with van der Waals surface area (Å²) >= 11 is 0. The van der Waals surface area contributed by atoms with E-state index in [0.29, 0.717) is 11.5 Å². The van der Waals surface area contributed by atoms with Gasteiger partial charge in [-0.1, -0.05) is 0 Å². The fraction of sp³-hybridized carbons (Fsp3) is 0.0833. The minimum Gasteiger partial charge on any atom is -0.341 e. The van der Waals surface area contributed by atoms with Crippen LogP contribution in [0.15, 0.2) is 36.8 Å². The van der Waals surface area contributed by atoms with Gasteiger partial charge in [0, 0.05) is 30.5 Å². The number of aryl methyl sites for hydroxylation is 1. The fourth-order valence-electron chi connectivity index (χ4n) is 1.80. The van der Waals surface area contributed by atoms with Crippen LogP contribution in [0.3, 0.4) is 0 Å². The van der Waals surface area contributed by atoms with Gasteiger partial charge in [-0.3, -0.25) is 9.48 Å². The largest absolute Gasteiger partial charge is 0.341 e. The maximum absolute atomic E-state index is 11.8. The molecule has 1 amide bonds. The summed E-state index contributed by atoms with van der Waals surface area (Å²) in [6.45, 7) is 0. The molecule has 2 aromatic heterocycles. The zero-order valence-electron chi connectivity index (χ0n) is 9.71. The number of H-pyrrole nitrogens is 1. The van der Waals surface area contributed by atoms with Gasteiger partial charge in [-0.05, 0) is 18.2 Å². The predicted octanol–water partition coefficient (Wildman–Crippen LogP) is 1.55. The van der Waals surface area contributed by atoms with Gasteiger partial charge in [-0.25, -0.2) is 4.98 Å². The third kappa shape index (κ3) is 1.73. The van der Waals surface area contributed by atoms with Crippen molar-refractivity contribution in [1.82, 2.24) is 19.7 Å². The third-order valence-electron chi connectivity index (χ3n) is 2.72. The quantitative estimate of drug-likeness (QED) is 0.714. The maximum Gasteiger partial charge on any atom is 0.291 e. The molecule has 18 heavy (non-hydrogen) atoms. The number of nitrogens with one attached hydrogen (secondary N) is 2. The Kier molecular flexibility index (Phi) is 2.33. The van der Waals surface area contributed by atoms with Crippen molar-refractivity contribution in [1.29, 1.82) is 0 Å². The van der Waals surface area contributed by atoms with E-state index in [1.165, 1.54) is 0 Å². The smallest absolute Gasteiger partial charge is 0.291 e. The number of anilines is 1. The van der Waals surface area contributed by atoms with Crippen LogP contribution in [0.2, 0.25) is 0 Å². The highest BCUT2D eigenvalue weighted by molar-refractivity contribution is 6.02. The average Bonchev–Trinajstić information content (AvgIpc) is 3.00. The van der Waals surface area contributed by atoms with Gasteiger partial charge in [-0.2, -0.15) is 5.10 Å². The molecule has 0 spiro atoms. The molecule has 0 saturated heterocycles. The van der Waals surface area contributed by atoms with Crippen LogP contribution in [0, 0.1) is 0 Å². The van der Waals surface area contributed by atoms with Crippen molar-refractivity contribution in [3.05, 3.63) is 42.6 Å². The summed E-state index contributed by atoms with van der Waals surface area (Å²) in [7, 11) is 1.86. The van der Waals surface area contributed by atoms with E-state index in [1.54, 1.807) is 23.3 Å². The zero-order valence-corrected chi connectivity index (χ0v) is 9.71. The van der Waals surface area contributed by atoms with Crippen molar-refractivity contribution >= 4 is 22.5 Å². The molecule has 0 aliphatic carbocycles. The molecule has 3 aromatic rings. The highest BCUT2D eigenvalue weighted by atomic mass is 16.2. The Morgan fingerprint density at radius 2 is 2.33 bits per heavy atom. The number of carbonyl (C=O) groups is 1. The van der Waals surface area contributed by atoms with E-state index < -0.39 is 0 Å². The first-order valence-corrected chi connectivity index (χ1v) is 5.46. The molecule has 0 radical (unpaired) electrons. The average molecular weight is 241 g/mol. The second kappa shape index (κ2) is 3.99. The van der Waals surface area contributed by atoms with Crippen molar-refractivity contribution in [2.45, 2.75) is 0 Å². The van der Waals surface area contributed by atoms with Crippen LogP contribution in [0.25, 0.3) is 10.9 Å². The predicted molar refractivity (Wildman–Crippen MR) is 67.3 cm³/mol. The lowest BCUT2D eigenvalue weighted by molar-refractivity contribution is 0.101. The number of nitrogens with zero attached hydrogens (tertiary/aromatic N) is 3. The number of benzene rings is 1. The van der Waals surface area contributed by atoms with Gasteiger partial charge in [-0.15, -0.1) is 0 Å². The number of aromatic amines is 1. The van der Waals surface area contributed by atoms with Crippen LogP contribution in [0.5, 0.6) is 0 Å². The molecule has 0 aliphatic heterocycles. The van der Waals surface area contributed by atoms with Crippen molar-refractivity contribution in [3.8, 4) is 0 Å². The number of carbonyl (C=O) groups excluding carboxylic acids is 1. The molecule has 6 heteroatoms. The summed E-state index contributed by atoms with van der Waals surface area (Å²) < 4.78 is 1.76. The maximum atomic E-state index is 11.8. The number of imidazole rings is 1. The molecule has 3 rings (SSSR count). The van der Waals surface area contributed by atoms with E-state index in [-0.39, 0.29) is 5.91 Å². The Hall–Kier alpha value is -2.63. The summed E-state index contributed by atoms with van der Waals surface area (Å²) in [6.07, 6.45) is 4.94. The number of fused-ring (bicyclic) bond motifs is 1. The molecular formula is C12H11N5O. The zero-order chi connectivity index (χ0) is 12.5. The van der Waals surface area contributed by atoms with E-state index >= 15 is 0 Å². The molecule has 0 fully saturated rings. The van der Waals surface area contributed by atoms with Gasteiger partial charge in [0.2, 0.25) is 0 Å².